The molecule has 1 aliphatic rings. The van der Waals surface area contributed by atoms with Gasteiger partial charge in [-0.2, -0.15) is 5.10 Å². The zero-order valence-electron chi connectivity index (χ0n) is 18.8. The number of para-hydroxylation sites is 1. The molecule has 1 aromatic heterocycles. The number of methoxy groups -OCH3 is 2. The summed E-state index contributed by atoms with van der Waals surface area (Å²) in [6, 6.07) is 13.4. The van der Waals surface area contributed by atoms with Crippen molar-refractivity contribution in [2.24, 2.45) is 10.1 Å². The van der Waals surface area contributed by atoms with Crippen molar-refractivity contribution in [3.63, 3.8) is 0 Å². The zero-order chi connectivity index (χ0) is 22.8. The Balaban J connectivity index is 1.98. The molecular formula is C24H26N4O3S. The number of carbonyl (C=O) groups excluding carboxylic acids is 1. The van der Waals surface area contributed by atoms with Gasteiger partial charge in [-0.25, -0.2) is 4.68 Å². The summed E-state index contributed by atoms with van der Waals surface area (Å²) in [5, 5.41) is 6.84. The molecule has 1 aliphatic heterocycles. The van der Waals surface area contributed by atoms with Crippen molar-refractivity contribution in [3.8, 4) is 22.8 Å². The number of thiazole rings is 1. The lowest BCUT2D eigenvalue weighted by molar-refractivity contribution is -0.112. The van der Waals surface area contributed by atoms with Gasteiger partial charge in [0, 0.05) is 29.1 Å². The molecule has 0 aliphatic carbocycles. The maximum absolute atomic E-state index is 13.2. The number of carbonyl (C=O) groups is 1. The van der Waals surface area contributed by atoms with Crippen LogP contribution >= 0.6 is 11.3 Å². The molecule has 0 unspecified atom stereocenters. The van der Waals surface area contributed by atoms with Crippen molar-refractivity contribution in [2.45, 2.75) is 26.8 Å². The fraction of sp³-hybridized carbons (Fsp3) is 0.292. The van der Waals surface area contributed by atoms with Crippen molar-refractivity contribution in [3.05, 3.63) is 58.2 Å². The van der Waals surface area contributed by atoms with Gasteiger partial charge in [0.2, 0.25) is 4.80 Å². The highest BCUT2D eigenvalue weighted by atomic mass is 32.1. The van der Waals surface area contributed by atoms with Crippen LogP contribution in [0.15, 0.2) is 57.9 Å². The highest BCUT2D eigenvalue weighted by molar-refractivity contribution is 7.07. The molecule has 7 nitrogen and oxygen atoms in total. The van der Waals surface area contributed by atoms with Crippen molar-refractivity contribution >= 4 is 28.6 Å². The first kappa shape index (κ1) is 21.8. The minimum atomic E-state index is -0.119. The molecule has 0 fully saturated rings. The summed E-state index contributed by atoms with van der Waals surface area (Å²) in [4.78, 5) is 20.4. The molecule has 166 valence electrons. The Morgan fingerprint density at radius 2 is 1.84 bits per heavy atom. The van der Waals surface area contributed by atoms with E-state index in [2.05, 4.69) is 0 Å². The van der Waals surface area contributed by atoms with Crippen LogP contribution in [0, 0.1) is 0 Å². The van der Waals surface area contributed by atoms with Gasteiger partial charge in [0.1, 0.15) is 11.5 Å². The van der Waals surface area contributed by atoms with Gasteiger partial charge < -0.3 is 14.4 Å². The van der Waals surface area contributed by atoms with Crippen molar-refractivity contribution in [2.75, 3.05) is 25.7 Å². The fourth-order valence-corrected chi connectivity index (χ4v) is 4.63. The molecule has 32 heavy (non-hydrogen) atoms. The molecule has 0 saturated carbocycles. The molecule has 3 aromatic rings. The number of hydrogen-bond acceptors (Lipinski definition) is 6. The molecule has 0 atom stereocenters. The van der Waals surface area contributed by atoms with Crippen LogP contribution in [0.4, 0.5) is 5.69 Å². The van der Waals surface area contributed by atoms with E-state index in [1.165, 1.54) is 11.3 Å². The summed E-state index contributed by atoms with van der Waals surface area (Å²) >= 11 is 1.47. The number of amides is 1. The van der Waals surface area contributed by atoms with Crippen LogP contribution < -0.4 is 19.2 Å². The van der Waals surface area contributed by atoms with Crippen LogP contribution in [-0.4, -0.2) is 43.1 Å². The number of likely N-dealkylation sites (N-methyl/N-ethyl adjacent to an activating group) is 1. The van der Waals surface area contributed by atoms with Crippen LogP contribution in [-0.2, 0) is 4.79 Å². The Kier molecular flexibility index (Phi) is 6.14. The van der Waals surface area contributed by atoms with Gasteiger partial charge in [-0.05, 0) is 45.0 Å². The van der Waals surface area contributed by atoms with E-state index in [4.69, 9.17) is 19.6 Å². The Bertz CT molecular complexity index is 1260. The van der Waals surface area contributed by atoms with Crippen LogP contribution in [0.25, 0.3) is 11.3 Å². The molecule has 4 rings (SSSR count). The lowest BCUT2D eigenvalue weighted by atomic mass is 10.1. The number of fused-ring (bicyclic) bond motifs is 1. The third-order valence-corrected chi connectivity index (χ3v) is 5.98. The smallest absolute Gasteiger partial charge is 0.279 e. The average Bonchev–Trinajstić information content (AvgIpc) is 3.31. The molecular weight excluding hydrogens is 424 g/mol. The van der Waals surface area contributed by atoms with Gasteiger partial charge in [0.05, 0.1) is 25.6 Å². The second-order valence-corrected chi connectivity index (χ2v) is 8.36. The second kappa shape index (κ2) is 9.00. The van der Waals surface area contributed by atoms with Crippen molar-refractivity contribution in [1.29, 1.82) is 0 Å². The normalized spacial score (nSPS) is 15.1. The average molecular weight is 451 g/mol. The van der Waals surface area contributed by atoms with E-state index in [9.17, 15) is 4.79 Å². The highest BCUT2D eigenvalue weighted by Gasteiger charge is 2.33. The number of aromatic nitrogens is 1. The molecule has 8 heteroatoms. The number of nitrogens with zero attached hydrogens (tertiary/aromatic N) is 4. The first-order valence-corrected chi connectivity index (χ1v) is 11.3. The molecule has 0 N–H and O–H groups in total. The van der Waals surface area contributed by atoms with Gasteiger partial charge in [-0.3, -0.25) is 9.79 Å². The molecule has 2 aromatic carbocycles. The van der Waals surface area contributed by atoms with Crippen LogP contribution in [0.3, 0.4) is 0 Å². The maximum Gasteiger partial charge on any atom is 0.279 e. The summed E-state index contributed by atoms with van der Waals surface area (Å²) in [6.45, 7) is 6.56. The molecule has 0 saturated heterocycles. The van der Waals surface area contributed by atoms with Gasteiger partial charge in [0.15, 0.2) is 5.71 Å². The summed E-state index contributed by atoms with van der Waals surface area (Å²) in [5.74, 6) is 1.27. The largest absolute Gasteiger partial charge is 0.497 e. The van der Waals surface area contributed by atoms with E-state index in [0.29, 0.717) is 28.6 Å². The zero-order valence-corrected chi connectivity index (χ0v) is 19.6. The lowest BCUT2D eigenvalue weighted by Gasteiger charge is -2.13. The Hall–Kier alpha value is -3.39. The molecule has 0 bridgehead atoms. The number of hydrogen-bond donors (Lipinski definition) is 0. The summed E-state index contributed by atoms with van der Waals surface area (Å²) < 4.78 is 12.8. The standard InChI is InChI=1S/C24H26N4O3S/c1-6-27-19-10-8-7-9-17(19)22(23(27)29)26-28-20(14-32-24(28)25-15(2)3)18-13-16(30-4)11-12-21(18)31-5/h7-15H,6H2,1-5H3. The topological polar surface area (TPSA) is 68.4 Å². The first-order chi connectivity index (χ1) is 15.5. The fourth-order valence-electron chi connectivity index (χ4n) is 3.68. The third-order valence-electron chi connectivity index (χ3n) is 5.15. The van der Waals surface area contributed by atoms with Crippen LogP contribution in [0.1, 0.15) is 26.3 Å². The number of ether oxygens (including phenoxy) is 2. The first-order valence-electron chi connectivity index (χ1n) is 10.5. The quantitative estimate of drug-likeness (QED) is 0.566. The Labute approximate surface area is 191 Å². The molecule has 1 amide bonds. The molecule has 0 spiro atoms. The van der Waals surface area contributed by atoms with Gasteiger partial charge in [-0.15, -0.1) is 11.3 Å². The third kappa shape index (κ3) is 3.82. The van der Waals surface area contributed by atoms with Crippen LogP contribution in [0.2, 0.25) is 0 Å². The van der Waals surface area contributed by atoms with Crippen LogP contribution in [0.5, 0.6) is 11.5 Å². The number of anilines is 1. The monoisotopic (exact) mass is 450 g/mol. The summed E-state index contributed by atoms with van der Waals surface area (Å²) in [6.07, 6.45) is 0. The molecule has 0 radical (unpaired) electrons. The Morgan fingerprint density at radius 3 is 2.53 bits per heavy atom. The highest BCUT2D eigenvalue weighted by Crippen LogP contribution is 2.35. The minimum Gasteiger partial charge on any atom is -0.497 e. The maximum atomic E-state index is 13.2. The lowest BCUT2D eigenvalue weighted by Crippen LogP contribution is -2.30. The summed E-state index contributed by atoms with van der Waals surface area (Å²) in [5.41, 5.74) is 3.67. The number of benzene rings is 2. The van der Waals surface area contributed by atoms with E-state index in [0.717, 1.165) is 22.5 Å². The van der Waals surface area contributed by atoms with Gasteiger partial charge in [-0.1, -0.05) is 18.2 Å². The Morgan fingerprint density at radius 1 is 1.06 bits per heavy atom. The molecule has 2 heterocycles. The van der Waals surface area contributed by atoms with E-state index >= 15 is 0 Å². The predicted molar refractivity (Wildman–Crippen MR) is 128 cm³/mol. The van der Waals surface area contributed by atoms with Gasteiger partial charge in [0.25, 0.3) is 5.91 Å². The van der Waals surface area contributed by atoms with E-state index in [1.807, 2.05) is 68.6 Å². The van der Waals surface area contributed by atoms with E-state index < -0.39 is 0 Å². The predicted octanol–water partition coefficient (Wildman–Crippen LogP) is 4.16. The van der Waals surface area contributed by atoms with Gasteiger partial charge >= 0.3 is 0 Å². The minimum absolute atomic E-state index is 0.0684. The number of rotatable bonds is 6. The van der Waals surface area contributed by atoms with Crippen molar-refractivity contribution < 1.29 is 14.3 Å². The van der Waals surface area contributed by atoms with E-state index in [1.54, 1.807) is 23.8 Å². The SMILES string of the molecule is CCN1C(=O)C(=Nn2c(-c3cc(OC)ccc3OC)csc2=NC(C)C)c2ccccc21. The second-order valence-electron chi connectivity index (χ2n) is 7.52. The van der Waals surface area contributed by atoms with E-state index in [-0.39, 0.29) is 11.9 Å². The summed E-state index contributed by atoms with van der Waals surface area (Å²) in [7, 11) is 3.25. The van der Waals surface area contributed by atoms with Crippen molar-refractivity contribution in [1.82, 2.24) is 4.68 Å².